The van der Waals surface area contributed by atoms with Gasteiger partial charge in [-0.3, -0.25) is 10.1 Å². The molecule has 2 aromatic rings. The number of esters is 1. The van der Waals surface area contributed by atoms with E-state index in [1.165, 1.54) is 7.11 Å². The van der Waals surface area contributed by atoms with Crippen molar-refractivity contribution >= 4 is 11.6 Å². The molecule has 0 aliphatic heterocycles. The molecule has 0 aliphatic carbocycles. The maximum atomic E-state index is 11.7. The Labute approximate surface area is 119 Å². The van der Waals surface area contributed by atoms with Crippen molar-refractivity contribution in [1.29, 1.82) is 0 Å². The fraction of sp³-hybridized carbons (Fsp3) is 0.467. The van der Waals surface area contributed by atoms with Gasteiger partial charge >= 0.3 is 5.97 Å². The van der Waals surface area contributed by atoms with Crippen LogP contribution in [-0.4, -0.2) is 28.5 Å². The van der Waals surface area contributed by atoms with Gasteiger partial charge in [-0.25, -0.2) is 4.98 Å². The van der Waals surface area contributed by atoms with Crippen LogP contribution >= 0.6 is 0 Å². The highest BCUT2D eigenvalue weighted by Crippen LogP contribution is 2.11. The molecular formula is C15H21N3O2. The Balaban J connectivity index is 2.12. The number of fused-ring (bicyclic) bond motifs is 1. The summed E-state index contributed by atoms with van der Waals surface area (Å²) < 4.78 is 6.81. The predicted octanol–water partition coefficient (Wildman–Crippen LogP) is 1.93. The normalized spacial score (nSPS) is 12.8. The lowest BCUT2D eigenvalue weighted by molar-refractivity contribution is -0.144. The molecule has 1 N–H and O–H groups in total. The zero-order valence-corrected chi connectivity index (χ0v) is 12.4. The second-order valence-corrected chi connectivity index (χ2v) is 5.28. The molecule has 0 saturated heterocycles. The molecule has 20 heavy (non-hydrogen) atoms. The number of carbonyl (C=O) groups is 1. The van der Waals surface area contributed by atoms with E-state index in [2.05, 4.69) is 10.3 Å². The number of nitrogens with one attached hydrogen (secondary N) is 1. The first-order valence-corrected chi connectivity index (χ1v) is 6.77. The molecule has 0 fully saturated rings. The fourth-order valence-corrected chi connectivity index (χ4v) is 2.22. The highest BCUT2D eigenvalue weighted by atomic mass is 16.5. The molecule has 5 nitrogen and oxygen atoms in total. The van der Waals surface area contributed by atoms with Gasteiger partial charge in [0.05, 0.1) is 12.8 Å². The Morgan fingerprint density at radius 1 is 1.50 bits per heavy atom. The molecule has 108 valence electrons. The van der Waals surface area contributed by atoms with E-state index in [1.807, 2.05) is 49.7 Å². The first-order chi connectivity index (χ1) is 9.52. The van der Waals surface area contributed by atoms with Crippen molar-refractivity contribution in [3.05, 3.63) is 35.8 Å². The number of methoxy groups -OCH3 is 1. The van der Waals surface area contributed by atoms with Crippen molar-refractivity contribution in [2.45, 2.75) is 33.4 Å². The largest absolute Gasteiger partial charge is 0.468 e. The molecule has 0 aromatic carbocycles. The van der Waals surface area contributed by atoms with E-state index < -0.39 is 0 Å². The molecular weight excluding hydrogens is 254 g/mol. The average Bonchev–Trinajstić information content (AvgIpc) is 2.82. The lowest BCUT2D eigenvalue weighted by Gasteiger charge is -2.19. The topological polar surface area (TPSA) is 55.6 Å². The average molecular weight is 275 g/mol. The van der Waals surface area contributed by atoms with Gasteiger partial charge in [0.2, 0.25) is 0 Å². The molecule has 0 aliphatic rings. The predicted molar refractivity (Wildman–Crippen MR) is 77.4 cm³/mol. The molecule has 1 unspecified atom stereocenters. The smallest absolute Gasteiger partial charge is 0.323 e. The van der Waals surface area contributed by atoms with Crippen LogP contribution in [0.5, 0.6) is 0 Å². The summed E-state index contributed by atoms with van der Waals surface area (Å²) in [6.45, 7) is 6.55. The highest BCUT2D eigenvalue weighted by Gasteiger charge is 2.22. The minimum atomic E-state index is -0.314. The SMILES string of the molecule is COC(=O)C(NCc1cn2cccc(C)c2n1)C(C)C. The quantitative estimate of drug-likeness (QED) is 0.847. The Bertz CT molecular complexity index is 604. The van der Waals surface area contributed by atoms with Gasteiger partial charge in [-0.2, -0.15) is 0 Å². The number of hydrogen-bond acceptors (Lipinski definition) is 4. The van der Waals surface area contributed by atoms with E-state index in [9.17, 15) is 4.79 Å². The number of rotatable bonds is 5. The minimum Gasteiger partial charge on any atom is -0.468 e. The molecule has 2 rings (SSSR count). The lowest BCUT2D eigenvalue weighted by Crippen LogP contribution is -2.41. The summed E-state index contributed by atoms with van der Waals surface area (Å²) >= 11 is 0. The lowest BCUT2D eigenvalue weighted by atomic mass is 10.0. The molecule has 2 aromatic heterocycles. The van der Waals surface area contributed by atoms with Crippen molar-refractivity contribution < 1.29 is 9.53 Å². The van der Waals surface area contributed by atoms with E-state index in [0.717, 1.165) is 16.9 Å². The number of ether oxygens (including phenoxy) is 1. The Hall–Kier alpha value is -1.88. The number of nitrogens with zero attached hydrogens (tertiary/aromatic N) is 2. The summed E-state index contributed by atoms with van der Waals surface area (Å²) in [6.07, 6.45) is 3.95. The molecule has 2 heterocycles. The maximum Gasteiger partial charge on any atom is 0.323 e. The third kappa shape index (κ3) is 2.99. The van der Waals surface area contributed by atoms with Gasteiger partial charge < -0.3 is 9.14 Å². The summed E-state index contributed by atoms with van der Waals surface area (Å²) in [4.78, 5) is 16.3. The zero-order chi connectivity index (χ0) is 14.7. The second-order valence-electron chi connectivity index (χ2n) is 5.28. The van der Waals surface area contributed by atoms with Gasteiger partial charge in [0.1, 0.15) is 11.7 Å². The number of imidazole rings is 1. The Kier molecular flexibility index (Phi) is 4.39. The summed E-state index contributed by atoms with van der Waals surface area (Å²) in [6, 6.07) is 3.71. The van der Waals surface area contributed by atoms with E-state index >= 15 is 0 Å². The Morgan fingerprint density at radius 2 is 2.25 bits per heavy atom. The molecule has 1 atom stereocenters. The van der Waals surface area contributed by atoms with E-state index in [4.69, 9.17) is 4.74 Å². The first-order valence-electron chi connectivity index (χ1n) is 6.77. The molecule has 0 radical (unpaired) electrons. The van der Waals surface area contributed by atoms with Gasteiger partial charge in [-0.15, -0.1) is 0 Å². The van der Waals surface area contributed by atoms with Gasteiger partial charge in [0, 0.05) is 18.9 Å². The summed E-state index contributed by atoms with van der Waals surface area (Å²) in [7, 11) is 1.41. The van der Waals surface area contributed by atoms with Crippen LogP contribution in [0.15, 0.2) is 24.5 Å². The van der Waals surface area contributed by atoms with Gasteiger partial charge in [-0.05, 0) is 24.5 Å². The maximum absolute atomic E-state index is 11.7. The molecule has 5 heteroatoms. The van der Waals surface area contributed by atoms with Crippen molar-refractivity contribution in [1.82, 2.24) is 14.7 Å². The molecule has 0 spiro atoms. The fourth-order valence-electron chi connectivity index (χ4n) is 2.22. The van der Waals surface area contributed by atoms with Crippen LogP contribution in [0.1, 0.15) is 25.1 Å². The van der Waals surface area contributed by atoms with E-state index in [1.54, 1.807) is 0 Å². The van der Waals surface area contributed by atoms with Crippen LogP contribution < -0.4 is 5.32 Å². The summed E-state index contributed by atoms with van der Waals surface area (Å²) in [5, 5.41) is 3.22. The molecule has 0 bridgehead atoms. The molecule has 0 amide bonds. The number of carbonyl (C=O) groups excluding carboxylic acids is 1. The number of pyridine rings is 1. The monoisotopic (exact) mass is 275 g/mol. The second kappa shape index (κ2) is 6.05. The van der Waals surface area contributed by atoms with Crippen LogP contribution in [0.3, 0.4) is 0 Å². The minimum absolute atomic E-state index is 0.168. The number of aromatic nitrogens is 2. The van der Waals surface area contributed by atoms with Gasteiger partial charge in [-0.1, -0.05) is 19.9 Å². The highest BCUT2D eigenvalue weighted by molar-refractivity contribution is 5.75. The van der Waals surface area contributed by atoms with Crippen molar-refractivity contribution in [2.24, 2.45) is 5.92 Å². The van der Waals surface area contributed by atoms with Gasteiger partial charge in [0.15, 0.2) is 0 Å². The zero-order valence-electron chi connectivity index (χ0n) is 12.4. The van der Waals surface area contributed by atoms with Crippen LogP contribution in [0.25, 0.3) is 5.65 Å². The van der Waals surface area contributed by atoms with E-state index in [-0.39, 0.29) is 17.9 Å². The van der Waals surface area contributed by atoms with Crippen molar-refractivity contribution in [3.8, 4) is 0 Å². The number of hydrogen-bond donors (Lipinski definition) is 1. The summed E-state index contributed by atoms with van der Waals surface area (Å²) in [5.74, 6) is -0.0684. The summed E-state index contributed by atoms with van der Waals surface area (Å²) in [5.41, 5.74) is 2.99. The van der Waals surface area contributed by atoms with Crippen molar-refractivity contribution in [2.75, 3.05) is 7.11 Å². The van der Waals surface area contributed by atoms with E-state index in [0.29, 0.717) is 6.54 Å². The van der Waals surface area contributed by atoms with Crippen LogP contribution in [0.2, 0.25) is 0 Å². The van der Waals surface area contributed by atoms with Crippen LogP contribution in [-0.2, 0) is 16.1 Å². The Morgan fingerprint density at radius 3 is 2.85 bits per heavy atom. The molecule has 0 saturated carbocycles. The third-order valence-electron chi connectivity index (χ3n) is 3.35. The number of aryl methyl sites for hydroxylation is 1. The van der Waals surface area contributed by atoms with Crippen LogP contribution in [0.4, 0.5) is 0 Å². The van der Waals surface area contributed by atoms with Crippen LogP contribution in [0, 0.1) is 12.8 Å². The third-order valence-corrected chi connectivity index (χ3v) is 3.35. The standard InChI is InChI=1S/C15H21N3O2/c1-10(2)13(15(19)20-4)16-8-12-9-18-7-5-6-11(3)14(18)17-12/h5-7,9-10,13,16H,8H2,1-4H3. The first kappa shape index (κ1) is 14.5. The van der Waals surface area contributed by atoms with Crippen molar-refractivity contribution in [3.63, 3.8) is 0 Å². The van der Waals surface area contributed by atoms with Gasteiger partial charge in [0.25, 0.3) is 0 Å².